The van der Waals surface area contributed by atoms with E-state index in [4.69, 9.17) is 0 Å². The number of nitrogens with zero attached hydrogens (tertiary/aromatic N) is 3. The molecule has 102 valence electrons. The Morgan fingerprint density at radius 3 is 2.89 bits per heavy atom. The van der Waals surface area contributed by atoms with Crippen molar-refractivity contribution in [1.82, 2.24) is 15.3 Å². The minimum absolute atomic E-state index is 0.490. The molecule has 0 saturated carbocycles. The van der Waals surface area contributed by atoms with E-state index in [0.717, 1.165) is 24.6 Å². The molecule has 2 heterocycles. The van der Waals surface area contributed by atoms with Crippen LogP contribution < -0.4 is 10.2 Å². The zero-order valence-electron chi connectivity index (χ0n) is 11.6. The monoisotopic (exact) mass is 276 g/mol. The molecule has 4 nitrogen and oxygen atoms in total. The molecule has 0 spiro atoms. The number of thiazole rings is 1. The summed E-state index contributed by atoms with van der Waals surface area (Å²) in [6.07, 6.45) is 1.87. The van der Waals surface area contributed by atoms with Crippen LogP contribution in [0.1, 0.15) is 25.1 Å². The molecular formula is C14H20N4S. The lowest BCUT2D eigenvalue weighted by Crippen LogP contribution is -2.22. The van der Waals surface area contributed by atoms with Crippen molar-refractivity contribution >= 4 is 17.2 Å². The minimum atomic E-state index is 0.490. The van der Waals surface area contributed by atoms with E-state index in [9.17, 15) is 0 Å². The Hall–Kier alpha value is -1.46. The van der Waals surface area contributed by atoms with Gasteiger partial charge in [0.15, 0.2) is 0 Å². The molecule has 2 aromatic rings. The summed E-state index contributed by atoms with van der Waals surface area (Å²) in [5.41, 5.74) is 4.20. The van der Waals surface area contributed by atoms with E-state index in [1.165, 1.54) is 5.56 Å². The predicted octanol–water partition coefficient (Wildman–Crippen LogP) is 2.67. The van der Waals surface area contributed by atoms with Crippen molar-refractivity contribution < 1.29 is 0 Å². The Morgan fingerprint density at radius 1 is 1.37 bits per heavy atom. The van der Waals surface area contributed by atoms with Gasteiger partial charge in [-0.2, -0.15) is 0 Å². The molecule has 0 fully saturated rings. The summed E-state index contributed by atoms with van der Waals surface area (Å²) in [6.45, 7) is 5.96. The van der Waals surface area contributed by atoms with E-state index in [1.54, 1.807) is 11.3 Å². The van der Waals surface area contributed by atoms with Crippen molar-refractivity contribution in [2.24, 2.45) is 0 Å². The van der Waals surface area contributed by atoms with Gasteiger partial charge in [-0.25, -0.2) is 9.97 Å². The highest BCUT2D eigenvalue weighted by Gasteiger charge is 2.06. The molecule has 5 heteroatoms. The van der Waals surface area contributed by atoms with Gasteiger partial charge in [-0.05, 0) is 17.7 Å². The van der Waals surface area contributed by atoms with Crippen LogP contribution in [0.15, 0.2) is 29.2 Å². The summed E-state index contributed by atoms with van der Waals surface area (Å²) in [5.74, 6) is 0.982. The smallest absolute Gasteiger partial charge is 0.128 e. The van der Waals surface area contributed by atoms with Gasteiger partial charge in [0.2, 0.25) is 0 Å². The first-order valence-electron chi connectivity index (χ1n) is 6.41. The minimum Gasteiger partial charge on any atom is -0.354 e. The average Bonchev–Trinajstić information content (AvgIpc) is 2.89. The summed E-state index contributed by atoms with van der Waals surface area (Å²) in [7, 11) is 2.04. The third-order valence-corrected chi connectivity index (χ3v) is 3.43. The molecule has 0 bridgehead atoms. The molecule has 19 heavy (non-hydrogen) atoms. The van der Waals surface area contributed by atoms with E-state index in [-0.39, 0.29) is 0 Å². The van der Waals surface area contributed by atoms with Gasteiger partial charge < -0.3 is 10.2 Å². The normalized spacial score (nSPS) is 10.9. The van der Waals surface area contributed by atoms with Crippen molar-refractivity contribution in [2.75, 3.05) is 11.9 Å². The fourth-order valence-electron chi connectivity index (χ4n) is 1.74. The van der Waals surface area contributed by atoms with Crippen LogP contribution in [0.25, 0.3) is 0 Å². The average molecular weight is 276 g/mol. The highest BCUT2D eigenvalue weighted by atomic mass is 32.1. The van der Waals surface area contributed by atoms with Gasteiger partial charge in [-0.1, -0.05) is 13.8 Å². The first kappa shape index (κ1) is 14.0. The lowest BCUT2D eigenvalue weighted by Gasteiger charge is -2.18. The van der Waals surface area contributed by atoms with E-state index in [0.29, 0.717) is 6.04 Å². The summed E-state index contributed by atoms with van der Waals surface area (Å²) >= 11 is 1.62. The van der Waals surface area contributed by atoms with Gasteiger partial charge in [0, 0.05) is 31.2 Å². The first-order chi connectivity index (χ1) is 9.15. The SMILES string of the molecule is CC(C)NCc1ccnc(N(C)Cc2cscn2)c1. The van der Waals surface area contributed by atoms with Crippen LogP contribution in [0.4, 0.5) is 5.82 Å². The Bertz CT molecular complexity index is 496. The molecule has 0 aliphatic rings. The topological polar surface area (TPSA) is 41.1 Å². The van der Waals surface area contributed by atoms with Crippen molar-refractivity contribution in [3.63, 3.8) is 0 Å². The quantitative estimate of drug-likeness (QED) is 0.880. The van der Waals surface area contributed by atoms with Gasteiger partial charge >= 0.3 is 0 Å². The second-order valence-electron chi connectivity index (χ2n) is 4.89. The van der Waals surface area contributed by atoms with Crippen molar-refractivity contribution in [2.45, 2.75) is 33.0 Å². The Balaban J connectivity index is 2.01. The largest absolute Gasteiger partial charge is 0.354 e. The molecule has 0 aromatic carbocycles. The van der Waals surface area contributed by atoms with Crippen LogP contribution >= 0.6 is 11.3 Å². The van der Waals surface area contributed by atoms with Gasteiger partial charge in [0.05, 0.1) is 17.7 Å². The number of aromatic nitrogens is 2. The number of pyridine rings is 1. The second-order valence-corrected chi connectivity index (χ2v) is 5.61. The molecule has 0 unspecified atom stereocenters. The summed E-state index contributed by atoms with van der Waals surface area (Å²) in [4.78, 5) is 10.8. The third kappa shape index (κ3) is 4.29. The van der Waals surface area contributed by atoms with Crippen LogP contribution in [0.5, 0.6) is 0 Å². The van der Waals surface area contributed by atoms with Gasteiger partial charge in [-0.3, -0.25) is 0 Å². The molecule has 0 atom stereocenters. The van der Waals surface area contributed by atoms with E-state index in [1.807, 2.05) is 18.8 Å². The van der Waals surface area contributed by atoms with Gasteiger partial charge in [0.25, 0.3) is 0 Å². The van der Waals surface area contributed by atoms with Crippen molar-refractivity contribution in [3.8, 4) is 0 Å². The molecule has 1 N–H and O–H groups in total. The second kappa shape index (κ2) is 6.63. The van der Waals surface area contributed by atoms with Crippen LogP contribution in [0.3, 0.4) is 0 Å². The summed E-state index contributed by atoms with van der Waals surface area (Å²) in [5, 5.41) is 5.49. The maximum absolute atomic E-state index is 4.42. The van der Waals surface area contributed by atoms with Crippen LogP contribution in [0, 0.1) is 0 Å². The standard InChI is InChI=1S/C14H20N4S/c1-11(2)16-7-12-4-5-15-14(6-12)18(3)8-13-9-19-10-17-13/h4-6,9-11,16H,7-8H2,1-3H3. The van der Waals surface area contributed by atoms with Crippen LogP contribution in [0.2, 0.25) is 0 Å². The highest BCUT2D eigenvalue weighted by molar-refractivity contribution is 7.07. The molecular weight excluding hydrogens is 256 g/mol. The number of rotatable bonds is 6. The fraction of sp³-hybridized carbons (Fsp3) is 0.429. The number of nitrogens with one attached hydrogen (secondary N) is 1. The zero-order valence-corrected chi connectivity index (χ0v) is 12.4. The summed E-state index contributed by atoms with van der Waals surface area (Å²) < 4.78 is 0. The molecule has 2 aromatic heterocycles. The Kier molecular flexibility index (Phi) is 4.87. The van der Waals surface area contributed by atoms with E-state index in [2.05, 4.69) is 51.5 Å². The Labute approximate surface area is 118 Å². The molecule has 0 aliphatic carbocycles. The molecule has 0 saturated heterocycles. The fourth-order valence-corrected chi connectivity index (χ4v) is 2.29. The molecule has 0 amide bonds. The maximum atomic E-state index is 4.42. The number of anilines is 1. The first-order valence-corrected chi connectivity index (χ1v) is 7.36. The van der Waals surface area contributed by atoms with Gasteiger partial charge in [0.1, 0.15) is 5.82 Å². The molecule has 0 radical (unpaired) electrons. The Morgan fingerprint density at radius 2 is 2.21 bits per heavy atom. The maximum Gasteiger partial charge on any atom is 0.128 e. The van der Waals surface area contributed by atoms with E-state index < -0.39 is 0 Å². The van der Waals surface area contributed by atoms with Crippen LogP contribution in [-0.4, -0.2) is 23.1 Å². The van der Waals surface area contributed by atoms with Crippen molar-refractivity contribution in [1.29, 1.82) is 0 Å². The number of hydrogen-bond acceptors (Lipinski definition) is 5. The highest BCUT2D eigenvalue weighted by Crippen LogP contribution is 2.14. The lowest BCUT2D eigenvalue weighted by atomic mass is 10.2. The van der Waals surface area contributed by atoms with Gasteiger partial charge in [-0.15, -0.1) is 11.3 Å². The zero-order chi connectivity index (χ0) is 13.7. The number of hydrogen-bond donors (Lipinski definition) is 1. The lowest BCUT2D eigenvalue weighted by molar-refractivity contribution is 0.588. The van der Waals surface area contributed by atoms with Crippen molar-refractivity contribution in [3.05, 3.63) is 40.5 Å². The predicted molar refractivity (Wildman–Crippen MR) is 80.4 cm³/mol. The van der Waals surface area contributed by atoms with E-state index >= 15 is 0 Å². The molecule has 2 rings (SSSR count). The molecule has 0 aliphatic heterocycles. The third-order valence-electron chi connectivity index (χ3n) is 2.80. The summed E-state index contributed by atoms with van der Waals surface area (Å²) in [6, 6.07) is 4.67. The van der Waals surface area contributed by atoms with Crippen LogP contribution in [-0.2, 0) is 13.1 Å².